The van der Waals surface area contributed by atoms with E-state index in [1.165, 1.54) is 0 Å². The van der Waals surface area contributed by atoms with Gasteiger partial charge in [0, 0.05) is 25.1 Å². The van der Waals surface area contributed by atoms with Crippen molar-refractivity contribution in [3.05, 3.63) is 95.6 Å². The molecule has 3 aromatic carbocycles. The number of carbonyl (C=O) groups is 2. The fourth-order valence-electron chi connectivity index (χ4n) is 3.84. The zero-order valence-electron chi connectivity index (χ0n) is 20.0. The van der Waals surface area contributed by atoms with E-state index in [0.29, 0.717) is 31.7 Å². The van der Waals surface area contributed by atoms with E-state index in [2.05, 4.69) is 5.32 Å². The fourth-order valence-corrected chi connectivity index (χ4v) is 3.84. The summed E-state index contributed by atoms with van der Waals surface area (Å²) in [5, 5.41) is 3.02. The molecule has 3 aromatic rings. The van der Waals surface area contributed by atoms with E-state index in [4.69, 9.17) is 9.47 Å². The summed E-state index contributed by atoms with van der Waals surface area (Å²) in [4.78, 5) is 28.5. The van der Waals surface area contributed by atoms with E-state index in [1.54, 1.807) is 19.1 Å². The summed E-state index contributed by atoms with van der Waals surface area (Å²) < 4.78 is 10.7. The second-order valence-electron chi connectivity index (χ2n) is 7.96. The highest BCUT2D eigenvalue weighted by Crippen LogP contribution is 2.26. The fraction of sp³-hybridized carbons (Fsp3) is 0.286. The lowest BCUT2D eigenvalue weighted by molar-refractivity contribution is -0.141. The maximum atomic E-state index is 13.6. The molecule has 6 nitrogen and oxygen atoms in total. The van der Waals surface area contributed by atoms with Gasteiger partial charge in [0.15, 0.2) is 0 Å². The van der Waals surface area contributed by atoms with Gasteiger partial charge >= 0.3 is 0 Å². The van der Waals surface area contributed by atoms with Crippen LogP contribution in [-0.4, -0.2) is 30.9 Å². The van der Waals surface area contributed by atoms with Crippen LogP contribution in [0.15, 0.2) is 78.9 Å². The number of carbonyl (C=O) groups excluding carboxylic acids is 2. The van der Waals surface area contributed by atoms with Gasteiger partial charge in [-0.05, 0) is 35.7 Å². The van der Waals surface area contributed by atoms with E-state index >= 15 is 0 Å². The quantitative estimate of drug-likeness (QED) is 0.442. The third-order valence-electron chi connectivity index (χ3n) is 5.62. The van der Waals surface area contributed by atoms with Crippen molar-refractivity contribution in [1.82, 2.24) is 10.2 Å². The van der Waals surface area contributed by atoms with Crippen LogP contribution in [0.25, 0.3) is 0 Å². The zero-order chi connectivity index (χ0) is 24.3. The van der Waals surface area contributed by atoms with Crippen molar-refractivity contribution in [2.75, 3.05) is 14.2 Å². The molecule has 6 heteroatoms. The average molecular weight is 461 g/mol. The summed E-state index contributed by atoms with van der Waals surface area (Å²) in [7, 11) is 3.22. The van der Waals surface area contributed by atoms with Gasteiger partial charge in [-0.3, -0.25) is 9.59 Å². The Hall–Kier alpha value is -3.80. The Labute approximate surface area is 201 Å². The van der Waals surface area contributed by atoms with Crippen LogP contribution in [0.5, 0.6) is 11.5 Å². The maximum Gasteiger partial charge on any atom is 0.247 e. The van der Waals surface area contributed by atoms with Gasteiger partial charge in [-0.1, -0.05) is 67.6 Å². The highest BCUT2D eigenvalue weighted by Gasteiger charge is 2.31. The molecule has 0 spiro atoms. The number of hydrogen-bond donors (Lipinski definition) is 1. The smallest absolute Gasteiger partial charge is 0.247 e. The van der Waals surface area contributed by atoms with Crippen LogP contribution in [0.4, 0.5) is 0 Å². The molecule has 0 radical (unpaired) electrons. The molecular formula is C28H32N2O4. The van der Waals surface area contributed by atoms with Gasteiger partial charge < -0.3 is 19.7 Å². The van der Waals surface area contributed by atoms with Crippen molar-refractivity contribution in [2.24, 2.45) is 0 Å². The molecule has 0 saturated carbocycles. The van der Waals surface area contributed by atoms with Crippen molar-refractivity contribution in [1.29, 1.82) is 0 Å². The van der Waals surface area contributed by atoms with Crippen molar-refractivity contribution in [3.63, 3.8) is 0 Å². The summed E-state index contributed by atoms with van der Waals surface area (Å²) in [6.07, 6.45) is 1.06. The lowest BCUT2D eigenvalue weighted by Gasteiger charge is -2.32. The number of para-hydroxylation sites is 1. The Morgan fingerprint density at radius 1 is 0.882 bits per heavy atom. The van der Waals surface area contributed by atoms with Crippen molar-refractivity contribution < 1.29 is 19.1 Å². The Kier molecular flexibility index (Phi) is 9.09. The monoisotopic (exact) mass is 460 g/mol. The summed E-state index contributed by atoms with van der Waals surface area (Å²) in [5.41, 5.74) is 2.55. The van der Waals surface area contributed by atoms with Crippen LogP contribution >= 0.6 is 0 Å². The Bertz CT molecular complexity index is 1070. The van der Waals surface area contributed by atoms with Gasteiger partial charge in [-0.25, -0.2) is 0 Å². The van der Waals surface area contributed by atoms with Crippen LogP contribution < -0.4 is 14.8 Å². The van der Waals surface area contributed by atoms with Crippen LogP contribution in [0.2, 0.25) is 0 Å². The first-order valence-corrected chi connectivity index (χ1v) is 11.4. The summed E-state index contributed by atoms with van der Waals surface area (Å²) in [6, 6.07) is 23.8. The molecule has 178 valence electrons. The summed E-state index contributed by atoms with van der Waals surface area (Å²) in [6.45, 7) is 2.57. The number of ether oxygens (including phenoxy) is 2. The first-order chi connectivity index (χ1) is 16.6. The molecule has 34 heavy (non-hydrogen) atoms. The molecule has 0 aliphatic carbocycles. The van der Waals surface area contributed by atoms with Gasteiger partial charge in [0.05, 0.1) is 14.2 Å². The molecule has 1 N–H and O–H groups in total. The van der Waals surface area contributed by atoms with Gasteiger partial charge in [-0.15, -0.1) is 0 Å². The molecule has 0 saturated heterocycles. The van der Waals surface area contributed by atoms with Crippen LogP contribution in [-0.2, 0) is 22.7 Å². The first-order valence-electron chi connectivity index (χ1n) is 11.4. The van der Waals surface area contributed by atoms with Gasteiger partial charge in [0.2, 0.25) is 11.8 Å². The maximum absolute atomic E-state index is 13.6. The molecule has 0 bridgehead atoms. The second-order valence-corrected chi connectivity index (χ2v) is 7.96. The van der Waals surface area contributed by atoms with Crippen LogP contribution in [0, 0.1) is 0 Å². The zero-order valence-corrected chi connectivity index (χ0v) is 20.0. The molecular weight excluding hydrogens is 428 g/mol. The number of hydrogen-bond acceptors (Lipinski definition) is 4. The molecule has 0 aromatic heterocycles. The molecule has 0 heterocycles. The molecule has 3 rings (SSSR count). The second kappa shape index (κ2) is 12.4. The first kappa shape index (κ1) is 24.8. The third kappa shape index (κ3) is 6.38. The molecule has 0 fully saturated rings. The van der Waals surface area contributed by atoms with Crippen molar-refractivity contribution >= 4 is 11.8 Å². The highest BCUT2D eigenvalue weighted by molar-refractivity contribution is 5.88. The number of rotatable bonds is 11. The minimum atomic E-state index is -0.767. The van der Waals surface area contributed by atoms with Gasteiger partial charge in [-0.2, -0.15) is 0 Å². The van der Waals surface area contributed by atoms with Gasteiger partial charge in [0.1, 0.15) is 17.5 Å². The topological polar surface area (TPSA) is 67.9 Å². The lowest BCUT2D eigenvalue weighted by atomic mass is 10.0. The average Bonchev–Trinajstić information content (AvgIpc) is 2.88. The Balaban J connectivity index is 1.92. The van der Waals surface area contributed by atoms with E-state index in [9.17, 15) is 9.59 Å². The van der Waals surface area contributed by atoms with Gasteiger partial charge in [0.25, 0.3) is 0 Å². The predicted molar refractivity (Wildman–Crippen MR) is 132 cm³/mol. The Morgan fingerprint density at radius 2 is 1.56 bits per heavy atom. The largest absolute Gasteiger partial charge is 0.497 e. The molecule has 0 unspecified atom stereocenters. The van der Waals surface area contributed by atoms with E-state index in [0.717, 1.165) is 22.4 Å². The number of benzene rings is 3. The summed E-state index contributed by atoms with van der Waals surface area (Å²) in [5.74, 6) is 1.13. The standard InChI is InChI=1S/C28H32N2O4/c1-4-10-26(31)30(20-21-15-17-24(33-2)18-16-21)27(22-11-6-5-7-12-22)28(32)29-19-23-13-8-9-14-25(23)34-3/h5-9,11-18,27H,4,10,19-20H2,1-3H3,(H,29,32)/t27-/m0/s1. The van der Waals surface area contributed by atoms with Crippen molar-refractivity contribution in [3.8, 4) is 11.5 Å². The van der Waals surface area contributed by atoms with Crippen molar-refractivity contribution in [2.45, 2.75) is 38.9 Å². The van der Waals surface area contributed by atoms with Crippen LogP contribution in [0.1, 0.15) is 42.5 Å². The normalized spacial score (nSPS) is 11.4. The highest BCUT2D eigenvalue weighted by atomic mass is 16.5. The number of nitrogens with one attached hydrogen (secondary N) is 1. The minimum Gasteiger partial charge on any atom is -0.497 e. The number of nitrogens with zero attached hydrogens (tertiary/aromatic N) is 1. The Morgan fingerprint density at radius 3 is 2.21 bits per heavy atom. The lowest BCUT2D eigenvalue weighted by Crippen LogP contribution is -2.43. The SMILES string of the molecule is CCCC(=O)N(Cc1ccc(OC)cc1)[C@H](C(=O)NCc1ccccc1OC)c1ccccc1. The van der Waals surface area contributed by atoms with E-state index < -0.39 is 6.04 Å². The molecule has 1 atom stereocenters. The predicted octanol–water partition coefficient (Wildman–Crippen LogP) is 4.89. The van der Waals surface area contributed by atoms with Crippen LogP contribution in [0.3, 0.4) is 0 Å². The van der Waals surface area contributed by atoms with E-state index in [-0.39, 0.29) is 11.8 Å². The molecule has 2 amide bonds. The third-order valence-corrected chi connectivity index (χ3v) is 5.62. The number of methoxy groups -OCH3 is 2. The molecule has 0 aliphatic rings. The number of amides is 2. The summed E-state index contributed by atoms with van der Waals surface area (Å²) >= 11 is 0. The molecule has 0 aliphatic heterocycles. The van der Waals surface area contributed by atoms with E-state index in [1.807, 2.05) is 85.8 Å². The minimum absolute atomic E-state index is 0.0698.